The van der Waals surface area contributed by atoms with Gasteiger partial charge in [-0.05, 0) is 25.4 Å². The summed E-state index contributed by atoms with van der Waals surface area (Å²) >= 11 is 3.23. The molecule has 2 unspecified atom stereocenters. The van der Waals surface area contributed by atoms with Crippen molar-refractivity contribution in [3.63, 3.8) is 0 Å². The Bertz CT molecular complexity index is 315. The van der Waals surface area contributed by atoms with Crippen molar-refractivity contribution in [2.75, 3.05) is 30.7 Å². The van der Waals surface area contributed by atoms with Gasteiger partial charge in [0.1, 0.15) is 6.04 Å². The lowest BCUT2D eigenvalue weighted by molar-refractivity contribution is -0.140. The number of thioether (sulfide) groups is 2. The molecule has 1 aliphatic rings. The second kappa shape index (κ2) is 7.13. The van der Waals surface area contributed by atoms with Crippen LogP contribution in [0.1, 0.15) is 13.3 Å². The van der Waals surface area contributed by atoms with Gasteiger partial charge >= 0.3 is 12.0 Å². The molecule has 7 heteroatoms. The molecule has 0 saturated carbocycles. The summed E-state index contributed by atoms with van der Waals surface area (Å²) in [6, 6.07) is -0.733. The Morgan fingerprint density at radius 1 is 1.61 bits per heavy atom. The van der Waals surface area contributed by atoms with Gasteiger partial charge in [-0.2, -0.15) is 11.8 Å². The van der Waals surface area contributed by atoms with Gasteiger partial charge in [-0.25, -0.2) is 9.59 Å². The second-order valence-electron chi connectivity index (χ2n) is 4.35. The normalized spacial score (nSPS) is 20.8. The zero-order valence-corrected chi connectivity index (χ0v) is 12.6. The summed E-state index contributed by atoms with van der Waals surface area (Å²) in [5.74, 6) is 1.03. The van der Waals surface area contributed by atoms with Crippen LogP contribution >= 0.6 is 23.5 Å². The molecular weight excluding hydrogens is 272 g/mol. The number of nitrogens with zero attached hydrogens (tertiary/aromatic N) is 2. The Balaban J connectivity index is 2.59. The second-order valence-corrected chi connectivity index (χ2v) is 6.33. The van der Waals surface area contributed by atoms with E-state index in [0.717, 1.165) is 12.2 Å². The molecular formula is C11H20N2O3S2. The average molecular weight is 292 g/mol. The first-order valence-corrected chi connectivity index (χ1v) is 8.36. The SMILES string of the molecule is CSCCC(C)N(C)C(=O)N1CSCC1C(=O)O. The molecule has 0 aromatic carbocycles. The van der Waals surface area contributed by atoms with Crippen molar-refractivity contribution in [3.05, 3.63) is 0 Å². The molecule has 0 spiro atoms. The van der Waals surface area contributed by atoms with Gasteiger partial charge in [0.2, 0.25) is 0 Å². The van der Waals surface area contributed by atoms with E-state index in [-0.39, 0.29) is 12.1 Å². The van der Waals surface area contributed by atoms with Crippen LogP contribution in [0.4, 0.5) is 4.79 Å². The summed E-state index contributed by atoms with van der Waals surface area (Å²) in [7, 11) is 1.75. The number of rotatable bonds is 5. The Morgan fingerprint density at radius 2 is 2.28 bits per heavy atom. The summed E-state index contributed by atoms with van der Waals surface area (Å²) in [6.45, 7) is 1.99. The Labute approximate surface area is 116 Å². The monoisotopic (exact) mass is 292 g/mol. The van der Waals surface area contributed by atoms with Gasteiger partial charge in [0.25, 0.3) is 0 Å². The van der Waals surface area contributed by atoms with Gasteiger partial charge in [-0.3, -0.25) is 0 Å². The predicted molar refractivity (Wildman–Crippen MR) is 76.2 cm³/mol. The zero-order valence-electron chi connectivity index (χ0n) is 11.0. The largest absolute Gasteiger partial charge is 0.480 e. The van der Waals surface area contributed by atoms with Crippen molar-refractivity contribution >= 4 is 35.5 Å². The first kappa shape index (κ1) is 15.5. The van der Waals surface area contributed by atoms with Crippen LogP contribution in [-0.2, 0) is 4.79 Å². The van der Waals surface area contributed by atoms with Crippen molar-refractivity contribution in [1.29, 1.82) is 0 Å². The molecule has 0 bridgehead atoms. The van der Waals surface area contributed by atoms with Crippen molar-refractivity contribution in [2.24, 2.45) is 0 Å². The topological polar surface area (TPSA) is 60.9 Å². The lowest BCUT2D eigenvalue weighted by Gasteiger charge is -2.31. The molecule has 1 N–H and O–H groups in total. The number of carboxylic acids is 1. The number of carbonyl (C=O) groups excluding carboxylic acids is 1. The van der Waals surface area contributed by atoms with Gasteiger partial charge in [0, 0.05) is 18.8 Å². The molecule has 0 aliphatic carbocycles. The van der Waals surface area contributed by atoms with Crippen LogP contribution in [0, 0.1) is 0 Å². The fourth-order valence-electron chi connectivity index (χ4n) is 1.71. The molecule has 1 rings (SSSR count). The fourth-order valence-corrected chi connectivity index (χ4v) is 3.42. The van der Waals surface area contributed by atoms with E-state index < -0.39 is 12.0 Å². The smallest absolute Gasteiger partial charge is 0.327 e. The number of hydrogen-bond donors (Lipinski definition) is 1. The summed E-state index contributed by atoms with van der Waals surface area (Å²) in [5, 5.41) is 9.07. The van der Waals surface area contributed by atoms with E-state index in [1.54, 1.807) is 23.7 Å². The van der Waals surface area contributed by atoms with Gasteiger partial charge in [-0.1, -0.05) is 0 Å². The molecule has 18 heavy (non-hydrogen) atoms. The van der Waals surface area contributed by atoms with Crippen molar-refractivity contribution in [3.8, 4) is 0 Å². The van der Waals surface area contributed by atoms with E-state index in [9.17, 15) is 9.59 Å². The van der Waals surface area contributed by atoms with Crippen LogP contribution < -0.4 is 0 Å². The van der Waals surface area contributed by atoms with Crippen molar-refractivity contribution < 1.29 is 14.7 Å². The molecule has 1 fully saturated rings. The molecule has 2 atom stereocenters. The average Bonchev–Trinajstić information content (AvgIpc) is 2.83. The third-order valence-electron chi connectivity index (χ3n) is 3.12. The highest BCUT2D eigenvalue weighted by molar-refractivity contribution is 7.99. The number of hydrogen-bond acceptors (Lipinski definition) is 4. The third-order valence-corrected chi connectivity index (χ3v) is 4.77. The van der Waals surface area contributed by atoms with Gasteiger partial charge in [-0.15, -0.1) is 11.8 Å². The molecule has 104 valence electrons. The maximum atomic E-state index is 12.2. The van der Waals surface area contributed by atoms with E-state index in [0.29, 0.717) is 11.6 Å². The van der Waals surface area contributed by atoms with Crippen molar-refractivity contribution in [2.45, 2.75) is 25.4 Å². The van der Waals surface area contributed by atoms with Crippen LogP contribution in [0.2, 0.25) is 0 Å². The Kier molecular flexibility index (Phi) is 6.14. The highest BCUT2D eigenvalue weighted by atomic mass is 32.2. The lowest BCUT2D eigenvalue weighted by Crippen LogP contribution is -2.50. The van der Waals surface area contributed by atoms with Gasteiger partial charge in [0.15, 0.2) is 0 Å². The Morgan fingerprint density at radius 3 is 2.83 bits per heavy atom. The van der Waals surface area contributed by atoms with E-state index in [1.807, 2.05) is 13.2 Å². The molecule has 1 aliphatic heterocycles. The molecule has 1 heterocycles. The molecule has 0 aromatic rings. The van der Waals surface area contributed by atoms with Crippen LogP contribution in [0.3, 0.4) is 0 Å². The molecule has 2 amide bonds. The highest BCUT2D eigenvalue weighted by Gasteiger charge is 2.36. The predicted octanol–water partition coefficient (Wildman–Crippen LogP) is 1.64. The van der Waals surface area contributed by atoms with E-state index >= 15 is 0 Å². The molecule has 1 saturated heterocycles. The summed E-state index contributed by atoms with van der Waals surface area (Å²) < 4.78 is 0. The molecule has 0 radical (unpaired) electrons. The minimum atomic E-state index is -0.918. The van der Waals surface area contributed by atoms with Crippen LogP contribution in [0.25, 0.3) is 0 Å². The first-order valence-electron chi connectivity index (χ1n) is 5.82. The summed E-state index contributed by atoms with van der Waals surface area (Å²) in [5.41, 5.74) is 0. The standard InChI is InChI=1S/C11H20N2O3S2/c1-8(4-5-17-3)12(2)11(16)13-7-18-6-9(13)10(14)15/h8-9H,4-7H2,1-3H3,(H,14,15). The molecule has 0 aromatic heterocycles. The van der Waals surface area contributed by atoms with Gasteiger partial charge < -0.3 is 14.9 Å². The third kappa shape index (κ3) is 3.71. The van der Waals surface area contributed by atoms with Gasteiger partial charge in [0.05, 0.1) is 5.88 Å². The summed E-state index contributed by atoms with van der Waals surface area (Å²) in [4.78, 5) is 26.4. The van der Waals surface area contributed by atoms with Crippen LogP contribution in [0.15, 0.2) is 0 Å². The first-order chi connectivity index (χ1) is 8.49. The molecule has 5 nitrogen and oxygen atoms in total. The van der Waals surface area contributed by atoms with Crippen molar-refractivity contribution in [1.82, 2.24) is 9.80 Å². The minimum absolute atomic E-state index is 0.130. The van der Waals surface area contributed by atoms with Crippen LogP contribution in [-0.4, -0.2) is 69.7 Å². The summed E-state index contributed by atoms with van der Waals surface area (Å²) in [6.07, 6.45) is 2.95. The minimum Gasteiger partial charge on any atom is -0.480 e. The van der Waals surface area contributed by atoms with E-state index in [2.05, 4.69) is 0 Å². The maximum absolute atomic E-state index is 12.2. The maximum Gasteiger partial charge on any atom is 0.327 e. The number of urea groups is 1. The zero-order chi connectivity index (χ0) is 13.7. The quantitative estimate of drug-likeness (QED) is 0.834. The fraction of sp³-hybridized carbons (Fsp3) is 0.818. The van der Waals surface area contributed by atoms with E-state index in [4.69, 9.17) is 5.11 Å². The number of carboxylic acid groups (broad SMARTS) is 1. The van der Waals surface area contributed by atoms with E-state index in [1.165, 1.54) is 16.7 Å². The number of amides is 2. The van der Waals surface area contributed by atoms with Crippen LogP contribution in [0.5, 0.6) is 0 Å². The lowest BCUT2D eigenvalue weighted by atomic mass is 10.2. The highest BCUT2D eigenvalue weighted by Crippen LogP contribution is 2.23. The Hall–Kier alpha value is -0.560. The number of aliphatic carboxylic acids is 1. The number of carbonyl (C=O) groups is 2.